The second kappa shape index (κ2) is 10.0. The maximum Gasteiger partial charge on any atom is 0.307 e. The number of ketones is 2. The molecule has 0 saturated carbocycles. The van der Waals surface area contributed by atoms with E-state index in [-0.39, 0.29) is 46.7 Å². The highest BCUT2D eigenvalue weighted by atomic mass is 16.4. The van der Waals surface area contributed by atoms with Gasteiger partial charge in [-0.1, -0.05) is 60.7 Å². The van der Waals surface area contributed by atoms with Crippen molar-refractivity contribution in [3.05, 3.63) is 118 Å². The lowest BCUT2D eigenvalue weighted by molar-refractivity contribution is -0.137. The Morgan fingerprint density at radius 1 is 0.526 bits per heavy atom. The molecule has 0 unspecified atom stereocenters. The van der Waals surface area contributed by atoms with Gasteiger partial charge in [-0.05, 0) is 35.4 Å². The molecule has 0 bridgehead atoms. The lowest BCUT2D eigenvalue weighted by Gasteiger charge is -2.24. The molecule has 0 radical (unpaired) electrons. The fourth-order valence-corrected chi connectivity index (χ4v) is 4.66. The number of rotatable bonds is 8. The number of carbonyl (C=O) groups excluding carboxylic acids is 2. The lowest BCUT2D eigenvalue weighted by atomic mass is 9.82. The highest BCUT2D eigenvalue weighted by molar-refractivity contribution is 6.32. The zero-order chi connectivity index (χ0) is 26.8. The molecule has 0 saturated heterocycles. The van der Waals surface area contributed by atoms with Crippen molar-refractivity contribution in [2.45, 2.75) is 12.8 Å². The van der Waals surface area contributed by atoms with Gasteiger partial charge in [0.05, 0.1) is 35.3 Å². The van der Waals surface area contributed by atoms with Crippen molar-refractivity contribution in [2.75, 3.05) is 10.6 Å². The van der Waals surface area contributed by atoms with Crippen LogP contribution < -0.4 is 10.6 Å². The Kier molecular flexibility index (Phi) is 6.45. The summed E-state index contributed by atoms with van der Waals surface area (Å²) in [7, 11) is 0. The Bertz CT molecular complexity index is 1510. The Labute approximate surface area is 217 Å². The second-order valence-electron chi connectivity index (χ2n) is 8.82. The summed E-state index contributed by atoms with van der Waals surface area (Å²) >= 11 is 0. The standard InChI is InChI=1S/C30H22N2O6/c33-25(34)15-17-7-1-3-11-21(17)31-23-13-5-9-19-27(23)30(38)28-20(29(19)37)10-6-14-24(28)32-22-12-4-2-8-18(22)16-26(35)36/h1-14,31-32H,15-16H2,(H,33,34)(H,35,36). The van der Waals surface area contributed by atoms with Gasteiger partial charge in [0.2, 0.25) is 0 Å². The van der Waals surface area contributed by atoms with Gasteiger partial charge in [0.1, 0.15) is 0 Å². The largest absolute Gasteiger partial charge is 0.481 e. The Hall–Kier alpha value is -5.24. The van der Waals surface area contributed by atoms with Crippen molar-refractivity contribution in [3.8, 4) is 0 Å². The quantitative estimate of drug-likeness (QED) is 0.226. The van der Waals surface area contributed by atoms with E-state index in [0.29, 0.717) is 33.9 Å². The number of carboxylic acid groups (broad SMARTS) is 2. The first-order valence-corrected chi connectivity index (χ1v) is 11.8. The van der Waals surface area contributed by atoms with Gasteiger partial charge in [-0.15, -0.1) is 0 Å². The fourth-order valence-electron chi connectivity index (χ4n) is 4.66. The van der Waals surface area contributed by atoms with Crippen molar-refractivity contribution >= 4 is 46.3 Å². The van der Waals surface area contributed by atoms with Crippen molar-refractivity contribution in [3.63, 3.8) is 0 Å². The van der Waals surface area contributed by atoms with Gasteiger partial charge in [0.15, 0.2) is 11.6 Å². The number of carboxylic acids is 2. The molecule has 1 aliphatic carbocycles. The number of para-hydroxylation sites is 2. The third-order valence-electron chi connectivity index (χ3n) is 6.33. The molecule has 4 aromatic carbocycles. The van der Waals surface area contributed by atoms with Crippen molar-refractivity contribution in [1.82, 2.24) is 0 Å². The third kappa shape index (κ3) is 4.62. The summed E-state index contributed by atoms with van der Waals surface area (Å²) in [6.07, 6.45) is -0.421. The van der Waals surface area contributed by atoms with Crippen LogP contribution in [0.1, 0.15) is 43.0 Å². The monoisotopic (exact) mass is 506 g/mol. The molecule has 0 amide bonds. The zero-order valence-corrected chi connectivity index (χ0v) is 20.0. The van der Waals surface area contributed by atoms with Crippen LogP contribution >= 0.6 is 0 Å². The smallest absolute Gasteiger partial charge is 0.307 e. The van der Waals surface area contributed by atoms with Crippen LogP contribution in [0, 0.1) is 0 Å². The number of nitrogens with one attached hydrogen (secondary N) is 2. The molecule has 0 fully saturated rings. The van der Waals surface area contributed by atoms with E-state index in [2.05, 4.69) is 10.6 Å². The van der Waals surface area contributed by atoms with Crippen LogP contribution in [0.3, 0.4) is 0 Å². The number of benzene rings is 4. The molecule has 0 atom stereocenters. The Morgan fingerprint density at radius 2 is 0.921 bits per heavy atom. The predicted molar refractivity (Wildman–Crippen MR) is 142 cm³/mol. The van der Waals surface area contributed by atoms with E-state index < -0.39 is 11.9 Å². The van der Waals surface area contributed by atoms with Gasteiger partial charge < -0.3 is 20.8 Å². The summed E-state index contributed by atoms with van der Waals surface area (Å²) in [5.41, 5.74) is 3.71. The molecule has 0 heterocycles. The molecule has 38 heavy (non-hydrogen) atoms. The molecule has 0 aromatic heterocycles. The van der Waals surface area contributed by atoms with Crippen LogP contribution in [0.4, 0.5) is 22.7 Å². The normalized spacial score (nSPS) is 11.9. The highest BCUT2D eigenvalue weighted by Crippen LogP contribution is 2.38. The summed E-state index contributed by atoms with van der Waals surface area (Å²) in [6.45, 7) is 0. The molecule has 8 nitrogen and oxygen atoms in total. The van der Waals surface area contributed by atoms with Gasteiger partial charge in [-0.3, -0.25) is 19.2 Å². The number of fused-ring (bicyclic) bond motifs is 2. The van der Waals surface area contributed by atoms with Gasteiger partial charge >= 0.3 is 11.9 Å². The molecule has 1 aliphatic rings. The Balaban J connectivity index is 1.58. The molecule has 4 aromatic rings. The molecule has 8 heteroatoms. The topological polar surface area (TPSA) is 133 Å². The maximum atomic E-state index is 14.0. The van der Waals surface area contributed by atoms with Crippen molar-refractivity contribution < 1.29 is 29.4 Å². The summed E-state index contributed by atoms with van der Waals surface area (Å²) in [4.78, 5) is 50.2. The van der Waals surface area contributed by atoms with Crippen LogP contribution in [0.25, 0.3) is 0 Å². The summed E-state index contributed by atoms with van der Waals surface area (Å²) in [5.74, 6) is -2.69. The third-order valence-corrected chi connectivity index (χ3v) is 6.33. The molecule has 0 spiro atoms. The van der Waals surface area contributed by atoms with Crippen LogP contribution in [-0.2, 0) is 22.4 Å². The van der Waals surface area contributed by atoms with E-state index in [1.54, 1.807) is 84.9 Å². The minimum atomic E-state index is -0.992. The van der Waals surface area contributed by atoms with E-state index in [1.807, 2.05) is 0 Å². The molecule has 188 valence electrons. The summed E-state index contributed by atoms with van der Waals surface area (Å²) in [6, 6.07) is 23.6. The first-order valence-electron chi connectivity index (χ1n) is 11.8. The van der Waals surface area contributed by atoms with Crippen LogP contribution in [0.2, 0.25) is 0 Å². The highest BCUT2D eigenvalue weighted by Gasteiger charge is 2.34. The van der Waals surface area contributed by atoms with Gasteiger partial charge in [0.25, 0.3) is 0 Å². The minimum Gasteiger partial charge on any atom is -0.481 e. The lowest BCUT2D eigenvalue weighted by Crippen LogP contribution is -2.23. The van der Waals surface area contributed by atoms with E-state index in [4.69, 9.17) is 0 Å². The number of anilines is 4. The van der Waals surface area contributed by atoms with E-state index in [0.717, 1.165) is 0 Å². The van der Waals surface area contributed by atoms with Crippen LogP contribution in [0.15, 0.2) is 84.9 Å². The number of hydrogen-bond donors (Lipinski definition) is 4. The maximum absolute atomic E-state index is 14.0. The van der Waals surface area contributed by atoms with Crippen LogP contribution in [0.5, 0.6) is 0 Å². The molecule has 5 rings (SSSR count). The number of carbonyl (C=O) groups is 4. The summed E-state index contributed by atoms with van der Waals surface area (Å²) in [5, 5.41) is 24.9. The Morgan fingerprint density at radius 3 is 1.34 bits per heavy atom. The van der Waals surface area contributed by atoms with Crippen LogP contribution in [-0.4, -0.2) is 33.7 Å². The van der Waals surface area contributed by atoms with Gasteiger partial charge in [0, 0.05) is 22.5 Å². The average Bonchev–Trinajstić information content (AvgIpc) is 2.89. The number of aliphatic carboxylic acids is 2. The number of hydrogen-bond acceptors (Lipinski definition) is 6. The molecular formula is C30H22N2O6. The molecule has 4 N–H and O–H groups in total. The van der Waals surface area contributed by atoms with Crippen molar-refractivity contribution in [1.29, 1.82) is 0 Å². The molecule has 0 aliphatic heterocycles. The second-order valence-corrected chi connectivity index (χ2v) is 8.82. The first-order chi connectivity index (χ1) is 18.3. The van der Waals surface area contributed by atoms with E-state index in [9.17, 15) is 29.4 Å². The van der Waals surface area contributed by atoms with E-state index in [1.165, 1.54) is 0 Å². The first kappa shape index (κ1) is 24.5. The summed E-state index contributed by atoms with van der Waals surface area (Å²) < 4.78 is 0. The van der Waals surface area contributed by atoms with Crippen molar-refractivity contribution in [2.24, 2.45) is 0 Å². The zero-order valence-electron chi connectivity index (χ0n) is 20.0. The minimum absolute atomic E-state index is 0.184. The van der Waals surface area contributed by atoms with Gasteiger partial charge in [-0.25, -0.2) is 0 Å². The van der Waals surface area contributed by atoms with Gasteiger partial charge in [-0.2, -0.15) is 0 Å². The predicted octanol–water partition coefficient (Wildman–Crippen LogP) is 5.20. The fraction of sp³-hybridized carbons (Fsp3) is 0.0667. The molecular weight excluding hydrogens is 484 g/mol. The van der Waals surface area contributed by atoms with E-state index >= 15 is 0 Å². The average molecular weight is 507 g/mol. The SMILES string of the molecule is O=C(O)Cc1ccccc1Nc1cccc2c1C(=O)c1c(Nc3ccccc3CC(=O)O)cccc1C2=O.